The quantitative estimate of drug-likeness (QED) is 0.850. The minimum atomic E-state index is -0.284. The molecule has 1 atom stereocenters. The lowest BCUT2D eigenvalue weighted by Crippen LogP contribution is -2.18. The van der Waals surface area contributed by atoms with E-state index >= 15 is 0 Å². The number of rotatable bonds is 7. The second-order valence-corrected chi connectivity index (χ2v) is 4.69. The third-order valence-corrected chi connectivity index (χ3v) is 3.11. The lowest BCUT2D eigenvalue weighted by molar-refractivity contribution is 0.255. The molecule has 1 heterocycles. The van der Waals surface area contributed by atoms with Crippen molar-refractivity contribution < 1.29 is 13.5 Å². The highest BCUT2D eigenvalue weighted by atomic mass is 19.1. The van der Waals surface area contributed by atoms with Crippen LogP contribution in [0, 0.1) is 5.82 Å². The summed E-state index contributed by atoms with van der Waals surface area (Å²) < 4.78 is 24.5. The van der Waals surface area contributed by atoms with Gasteiger partial charge in [-0.25, -0.2) is 4.39 Å². The molecule has 2 aromatic rings. The van der Waals surface area contributed by atoms with Gasteiger partial charge in [0.25, 0.3) is 5.89 Å². The Morgan fingerprint density at radius 3 is 2.71 bits per heavy atom. The highest BCUT2D eigenvalue weighted by molar-refractivity contribution is 5.36. The van der Waals surface area contributed by atoms with Crippen molar-refractivity contribution in [2.45, 2.75) is 39.8 Å². The number of aryl methyl sites for hydroxylation is 1. The van der Waals surface area contributed by atoms with E-state index in [2.05, 4.69) is 15.5 Å². The van der Waals surface area contributed by atoms with Crippen LogP contribution in [0.1, 0.15) is 44.2 Å². The van der Waals surface area contributed by atoms with Crippen LogP contribution in [0.3, 0.4) is 0 Å². The van der Waals surface area contributed by atoms with Gasteiger partial charge in [0.1, 0.15) is 11.6 Å². The first-order valence-electron chi connectivity index (χ1n) is 7.10. The number of hydrogen-bond donors (Lipinski definition) is 1. The van der Waals surface area contributed by atoms with Crippen molar-refractivity contribution >= 4 is 0 Å². The summed E-state index contributed by atoms with van der Waals surface area (Å²) in [7, 11) is 0. The van der Waals surface area contributed by atoms with Crippen molar-refractivity contribution in [3.63, 3.8) is 0 Å². The van der Waals surface area contributed by atoms with E-state index in [0.717, 1.165) is 12.1 Å². The van der Waals surface area contributed by atoms with Crippen molar-refractivity contribution in [2.75, 3.05) is 6.54 Å². The lowest BCUT2D eigenvalue weighted by Gasteiger charge is -2.17. The van der Waals surface area contributed by atoms with Crippen LogP contribution in [0.5, 0.6) is 5.75 Å². The normalized spacial score (nSPS) is 12.4. The van der Waals surface area contributed by atoms with Gasteiger partial charge in [-0.3, -0.25) is 0 Å². The standard InChI is InChI=1S/C15H20FN3O2/c1-4-14-18-19-15(21-14)9-20-13-7-6-11(16)8-12(13)10(3)17-5-2/h6-8,10,17H,4-5,9H2,1-3H3. The molecule has 0 saturated heterocycles. The Hall–Kier alpha value is -1.95. The molecule has 1 unspecified atom stereocenters. The number of ether oxygens (including phenoxy) is 1. The van der Waals surface area contributed by atoms with Gasteiger partial charge in [0, 0.05) is 18.0 Å². The first-order valence-corrected chi connectivity index (χ1v) is 7.10. The Balaban J connectivity index is 2.11. The fourth-order valence-corrected chi connectivity index (χ4v) is 2.03. The Bertz CT molecular complexity index is 586. The van der Waals surface area contributed by atoms with E-state index in [1.54, 1.807) is 6.07 Å². The predicted octanol–water partition coefficient (Wildman–Crippen LogP) is 3.02. The Morgan fingerprint density at radius 2 is 2.05 bits per heavy atom. The van der Waals surface area contributed by atoms with E-state index < -0.39 is 0 Å². The molecule has 0 fully saturated rings. The van der Waals surface area contributed by atoms with E-state index in [1.165, 1.54) is 12.1 Å². The van der Waals surface area contributed by atoms with Gasteiger partial charge in [0.05, 0.1) is 0 Å². The fourth-order valence-electron chi connectivity index (χ4n) is 2.03. The number of aromatic nitrogens is 2. The predicted molar refractivity (Wildman–Crippen MR) is 76.5 cm³/mol. The van der Waals surface area contributed by atoms with Gasteiger partial charge >= 0.3 is 0 Å². The van der Waals surface area contributed by atoms with Gasteiger partial charge in [-0.05, 0) is 31.7 Å². The topological polar surface area (TPSA) is 60.2 Å². The van der Waals surface area contributed by atoms with Crippen LogP contribution < -0.4 is 10.1 Å². The highest BCUT2D eigenvalue weighted by Crippen LogP contribution is 2.26. The molecular formula is C15H20FN3O2. The maximum Gasteiger partial charge on any atom is 0.253 e. The molecule has 1 N–H and O–H groups in total. The van der Waals surface area contributed by atoms with Crippen molar-refractivity contribution in [3.05, 3.63) is 41.4 Å². The van der Waals surface area contributed by atoms with E-state index in [-0.39, 0.29) is 18.5 Å². The average Bonchev–Trinajstić information content (AvgIpc) is 2.94. The molecule has 5 nitrogen and oxygen atoms in total. The van der Waals surface area contributed by atoms with Crippen molar-refractivity contribution in [3.8, 4) is 5.75 Å². The Labute approximate surface area is 123 Å². The lowest BCUT2D eigenvalue weighted by atomic mass is 10.1. The van der Waals surface area contributed by atoms with E-state index in [9.17, 15) is 4.39 Å². The average molecular weight is 293 g/mol. The second kappa shape index (κ2) is 7.17. The summed E-state index contributed by atoms with van der Waals surface area (Å²) in [6.07, 6.45) is 0.687. The van der Waals surface area contributed by atoms with Gasteiger partial charge in [0.15, 0.2) is 6.61 Å². The van der Waals surface area contributed by atoms with Crippen LogP contribution >= 0.6 is 0 Å². The van der Waals surface area contributed by atoms with Crippen LogP contribution in [0.15, 0.2) is 22.6 Å². The number of benzene rings is 1. The zero-order valence-electron chi connectivity index (χ0n) is 12.5. The molecule has 0 aliphatic heterocycles. The molecule has 0 radical (unpaired) electrons. The molecule has 114 valence electrons. The molecule has 0 spiro atoms. The van der Waals surface area contributed by atoms with Gasteiger partial charge in [-0.2, -0.15) is 0 Å². The van der Waals surface area contributed by atoms with Crippen molar-refractivity contribution in [2.24, 2.45) is 0 Å². The highest BCUT2D eigenvalue weighted by Gasteiger charge is 2.13. The molecule has 0 aliphatic rings. The number of nitrogens with zero attached hydrogens (tertiary/aromatic N) is 2. The monoisotopic (exact) mass is 293 g/mol. The SMILES string of the molecule is CCNC(C)c1cc(F)ccc1OCc1nnc(CC)o1. The summed E-state index contributed by atoms with van der Waals surface area (Å²) in [5.74, 6) is 1.32. The number of halogens is 1. The maximum absolute atomic E-state index is 13.4. The molecule has 1 aromatic carbocycles. The molecule has 0 aliphatic carbocycles. The molecule has 6 heteroatoms. The van der Waals surface area contributed by atoms with Crippen LogP contribution in [-0.2, 0) is 13.0 Å². The minimum Gasteiger partial charge on any atom is -0.483 e. The van der Waals surface area contributed by atoms with Gasteiger partial charge in [0.2, 0.25) is 5.89 Å². The summed E-state index contributed by atoms with van der Waals surface area (Å²) in [6, 6.07) is 4.47. The first kappa shape index (κ1) is 15.4. The molecular weight excluding hydrogens is 273 g/mol. The van der Waals surface area contributed by atoms with Gasteiger partial charge in [-0.15, -0.1) is 10.2 Å². The summed E-state index contributed by atoms with van der Waals surface area (Å²) in [4.78, 5) is 0. The van der Waals surface area contributed by atoms with E-state index in [0.29, 0.717) is 24.0 Å². The second-order valence-electron chi connectivity index (χ2n) is 4.69. The van der Waals surface area contributed by atoms with Crippen LogP contribution in [0.2, 0.25) is 0 Å². The Kier molecular flexibility index (Phi) is 5.27. The summed E-state index contributed by atoms with van der Waals surface area (Å²) in [6.45, 7) is 6.87. The van der Waals surface area contributed by atoms with Gasteiger partial charge < -0.3 is 14.5 Å². The molecule has 0 bridgehead atoms. The first-order chi connectivity index (χ1) is 10.1. The van der Waals surface area contributed by atoms with Gasteiger partial charge in [-0.1, -0.05) is 13.8 Å². The number of nitrogens with one attached hydrogen (secondary N) is 1. The molecule has 0 saturated carbocycles. The van der Waals surface area contributed by atoms with Crippen LogP contribution in [0.25, 0.3) is 0 Å². The molecule has 21 heavy (non-hydrogen) atoms. The van der Waals surface area contributed by atoms with Crippen LogP contribution in [-0.4, -0.2) is 16.7 Å². The smallest absolute Gasteiger partial charge is 0.253 e. The molecule has 0 amide bonds. The zero-order chi connectivity index (χ0) is 15.2. The molecule has 1 aromatic heterocycles. The summed E-state index contributed by atoms with van der Waals surface area (Å²) >= 11 is 0. The maximum atomic E-state index is 13.4. The largest absolute Gasteiger partial charge is 0.483 e. The summed E-state index contributed by atoms with van der Waals surface area (Å²) in [5, 5.41) is 11.0. The Morgan fingerprint density at radius 1 is 1.29 bits per heavy atom. The van der Waals surface area contributed by atoms with Crippen molar-refractivity contribution in [1.29, 1.82) is 0 Å². The summed E-state index contributed by atoms with van der Waals surface area (Å²) in [5.41, 5.74) is 0.770. The molecule has 2 rings (SSSR count). The van der Waals surface area contributed by atoms with Crippen LogP contribution in [0.4, 0.5) is 4.39 Å². The third-order valence-electron chi connectivity index (χ3n) is 3.11. The third kappa shape index (κ3) is 4.01. The minimum absolute atomic E-state index is 0.00501. The van der Waals surface area contributed by atoms with Crippen molar-refractivity contribution in [1.82, 2.24) is 15.5 Å². The fraction of sp³-hybridized carbons (Fsp3) is 0.467. The van der Waals surface area contributed by atoms with E-state index in [4.69, 9.17) is 9.15 Å². The number of hydrogen-bond acceptors (Lipinski definition) is 5. The zero-order valence-corrected chi connectivity index (χ0v) is 12.5. The van der Waals surface area contributed by atoms with E-state index in [1.807, 2.05) is 20.8 Å².